The van der Waals surface area contributed by atoms with E-state index in [-0.39, 0.29) is 5.91 Å². The van der Waals surface area contributed by atoms with Gasteiger partial charge in [-0.15, -0.1) is 0 Å². The van der Waals surface area contributed by atoms with Crippen LogP contribution in [0.1, 0.15) is 149 Å². The van der Waals surface area contributed by atoms with Crippen LogP contribution < -0.4 is 5.73 Å². The summed E-state index contributed by atoms with van der Waals surface area (Å²) in [4.78, 5) is 9.22. The monoisotopic (exact) mass is 413 g/mol. The number of carbonyl (C=O) groups excluding carboxylic acids is 1. The Bertz CT molecular complexity index is 268. The van der Waals surface area contributed by atoms with Gasteiger partial charge in [0.05, 0.1) is 0 Å². The Hall–Kier alpha value is -0.570. The number of unbranched alkanes of at least 4 members (excludes halogenated alkanes) is 18. The molecule has 0 bridgehead atoms. The highest BCUT2D eigenvalue weighted by atomic mass is 16.5. The van der Waals surface area contributed by atoms with Gasteiger partial charge in [0.1, 0.15) is 0 Å². The van der Waals surface area contributed by atoms with Crippen LogP contribution in [0.3, 0.4) is 0 Å². The van der Waals surface area contributed by atoms with E-state index in [4.69, 9.17) is 4.74 Å². The fourth-order valence-electron chi connectivity index (χ4n) is 3.49. The lowest BCUT2D eigenvalue weighted by atomic mass is 10.1. The van der Waals surface area contributed by atoms with Crippen molar-refractivity contribution in [3.63, 3.8) is 0 Å². The molecule has 0 unspecified atom stereocenters. The molecule has 0 aliphatic rings. The lowest BCUT2D eigenvalue weighted by Gasteiger charge is -2.05. The molecule has 0 saturated carbocycles. The van der Waals surface area contributed by atoms with Gasteiger partial charge in [0, 0.05) is 20.1 Å². The largest absolute Gasteiger partial charge is 0.381 e. The van der Waals surface area contributed by atoms with E-state index < -0.39 is 0 Å². The van der Waals surface area contributed by atoms with Crippen molar-refractivity contribution in [1.82, 2.24) is 0 Å². The summed E-state index contributed by atoms with van der Waals surface area (Å²) in [5.74, 6) is -0.333. The third-order valence-corrected chi connectivity index (χ3v) is 5.28. The zero-order valence-electron chi connectivity index (χ0n) is 20.5. The first-order valence-electron chi connectivity index (χ1n) is 13.0. The third kappa shape index (κ3) is 38.6. The number of rotatable bonds is 22. The minimum Gasteiger partial charge on any atom is -0.381 e. The predicted octanol–water partition coefficient (Wildman–Crippen LogP) is 8.34. The standard InChI is InChI=1S/C24H50O.C2H5NO/c1-3-5-7-9-11-13-15-17-19-21-23-25-24-22-20-18-16-14-12-10-8-6-4-2;1-2(3)4/h3-24H2,1-2H3;1H3,(H2,3,4). The van der Waals surface area contributed by atoms with Gasteiger partial charge in [0.25, 0.3) is 0 Å². The van der Waals surface area contributed by atoms with E-state index in [0.717, 1.165) is 13.2 Å². The van der Waals surface area contributed by atoms with Crippen LogP contribution in [0.15, 0.2) is 0 Å². The van der Waals surface area contributed by atoms with Crippen molar-refractivity contribution in [1.29, 1.82) is 0 Å². The Kier molecular flexibility index (Phi) is 31.3. The summed E-state index contributed by atoms with van der Waals surface area (Å²) in [7, 11) is 0. The van der Waals surface area contributed by atoms with Gasteiger partial charge in [-0.05, 0) is 12.8 Å². The van der Waals surface area contributed by atoms with E-state index in [1.807, 2.05) is 0 Å². The van der Waals surface area contributed by atoms with Gasteiger partial charge >= 0.3 is 0 Å². The molecular formula is C26H55NO2. The Labute approximate surface area is 183 Å². The van der Waals surface area contributed by atoms with Crippen molar-refractivity contribution in [2.75, 3.05) is 13.2 Å². The van der Waals surface area contributed by atoms with Gasteiger partial charge < -0.3 is 10.5 Å². The topological polar surface area (TPSA) is 52.3 Å². The fraction of sp³-hybridized carbons (Fsp3) is 0.962. The van der Waals surface area contributed by atoms with Gasteiger partial charge in [0.2, 0.25) is 5.91 Å². The van der Waals surface area contributed by atoms with Gasteiger partial charge in [-0.25, -0.2) is 0 Å². The van der Waals surface area contributed by atoms with E-state index in [1.54, 1.807) is 0 Å². The smallest absolute Gasteiger partial charge is 0.214 e. The first-order chi connectivity index (χ1) is 14.1. The van der Waals surface area contributed by atoms with Crippen molar-refractivity contribution in [3.8, 4) is 0 Å². The molecule has 29 heavy (non-hydrogen) atoms. The van der Waals surface area contributed by atoms with Crippen LogP contribution in [-0.2, 0) is 9.53 Å². The lowest BCUT2D eigenvalue weighted by molar-refractivity contribution is -0.115. The molecule has 0 rings (SSSR count). The number of hydrogen-bond acceptors (Lipinski definition) is 2. The maximum absolute atomic E-state index is 9.22. The molecule has 0 aliphatic heterocycles. The number of nitrogens with two attached hydrogens (primary N) is 1. The molecule has 0 aromatic heterocycles. The Morgan fingerprint density at radius 1 is 0.517 bits per heavy atom. The summed E-state index contributed by atoms with van der Waals surface area (Å²) >= 11 is 0. The minimum absolute atomic E-state index is 0.333. The van der Waals surface area contributed by atoms with Crippen LogP contribution >= 0.6 is 0 Å². The highest BCUT2D eigenvalue weighted by molar-refractivity contribution is 5.70. The first kappa shape index (κ1) is 30.6. The second kappa shape index (κ2) is 29.6. The summed E-state index contributed by atoms with van der Waals surface area (Å²) in [5, 5.41) is 0. The van der Waals surface area contributed by atoms with Gasteiger partial charge in [-0.2, -0.15) is 0 Å². The molecule has 3 heteroatoms. The molecular weight excluding hydrogens is 358 g/mol. The zero-order chi connectivity index (χ0) is 21.8. The summed E-state index contributed by atoms with van der Waals surface area (Å²) in [6, 6.07) is 0. The van der Waals surface area contributed by atoms with Crippen molar-refractivity contribution in [2.24, 2.45) is 5.73 Å². The van der Waals surface area contributed by atoms with E-state index in [2.05, 4.69) is 19.6 Å². The molecule has 0 aromatic carbocycles. The molecule has 0 fully saturated rings. The highest BCUT2D eigenvalue weighted by Gasteiger charge is 1.95. The molecule has 0 aliphatic carbocycles. The Morgan fingerprint density at radius 2 is 0.724 bits per heavy atom. The van der Waals surface area contributed by atoms with E-state index in [9.17, 15) is 4.79 Å². The molecule has 0 heterocycles. The Balaban J connectivity index is 0. The second-order valence-electron chi connectivity index (χ2n) is 8.59. The predicted molar refractivity (Wildman–Crippen MR) is 129 cm³/mol. The second-order valence-corrected chi connectivity index (χ2v) is 8.59. The molecule has 0 spiro atoms. The summed E-state index contributed by atoms with van der Waals surface area (Å²) in [5.41, 5.74) is 4.47. The summed E-state index contributed by atoms with van der Waals surface area (Å²) in [6.07, 6.45) is 28.2. The zero-order valence-corrected chi connectivity index (χ0v) is 20.5. The van der Waals surface area contributed by atoms with Crippen molar-refractivity contribution >= 4 is 5.91 Å². The molecule has 2 N–H and O–H groups in total. The maximum atomic E-state index is 9.22. The number of hydrogen-bond donors (Lipinski definition) is 1. The number of amides is 1. The van der Waals surface area contributed by atoms with Crippen LogP contribution in [0.25, 0.3) is 0 Å². The molecule has 176 valence electrons. The Morgan fingerprint density at radius 3 is 0.966 bits per heavy atom. The molecule has 0 aromatic rings. The number of primary amides is 1. The minimum atomic E-state index is -0.333. The van der Waals surface area contributed by atoms with Crippen molar-refractivity contribution in [2.45, 2.75) is 149 Å². The molecule has 0 saturated heterocycles. The van der Waals surface area contributed by atoms with E-state index in [0.29, 0.717) is 0 Å². The fourth-order valence-corrected chi connectivity index (χ4v) is 3.49. The van der Waals surface area contributed by atoms with Gasteiger partial charge in [-0.1, -0.05) is 129 Å². The van der Waals surface area contributed by atoms with Crippen LogP contribution in [0.5, 0.6) is 0 Å². The summed E-state index contributed by atoms with van der Waals surface area (Å²) in [6.45, 7) is 7.87. The third-order valence-electron chi connectivity index (χ3n) is 5.28. The highest BCUT2D eigenvalue weighted by Crippen LogP contribution is 2.12. The van der Waals surface area contributed by atoms with E-state index in [1.165, 1.54) is 135 Å². The normalized spacial score (nSPS) is 10.6. The van der Waals surface area contributed by atoms with Crippen molar-refractivity contribution in [3.05, 3.63) is 0 Å². The first-order valence-corrected chi connectivity index (χ1v) is 13.0. The van der Waals surface area contributed by atoms with Crippen LogP contribution in [0.2, 0.25) is 0 Å². The van der Waals surface area contributed by atoms with Gasteiger partial charge in [0.15, 0.2) is 0 Å². The van der Waals surface area contributed by atoms with Crippen LogP contribution in [0, 0.1) is 0 Å². The average molecular weight is 414 g/mol. The quantitative estimate of drug-likeness (QED) is 0.181. The number of carbonyl (C=O) groups is 1. The van der Waals surface area contributed by atoms with Crippen LogP contribution in [-0.4, -0.2) is 19.1 Å². The lowest BCUT2D eigenvalue weighted by Crippen LogP contribution is -2.01. The molecule has 0 radical (unpaired) electrons. The van der Waals surface area contributed by atoms with Crippen LogP contribution in [0.4, 0.5) is 0 Å². The van der Waals surface area contributed by atoms with Crippen molar-refractivity contribution < 1.29 is 9.53 Å². The van der Waals surface area contributed by atoms with Gasteiger partial charge in [-0.3, -0.25) is 4.79 Å². The summed E-state index contributed by atoms with van der Waals surface area (Å²) < 4.78 is 5.78. The maximum Gasteiger partial charge on any atom is 0.214 e. The molecule has 0 atom stereocenters. The number of ether oxygens (including phenoxy) is 1. The van der Waals surface area contributed by atoms with E-state index >= 15 is 0 Å². The SMILES string of the molecule is CC(N)=O.CCCCCCCCCCCCOCCCCCCCCCCCC. The average Bonchev–Trinajstić information content (AvgIpc) is 2.69. The molecule has 3 nitrogen and oxygen atoms in total. The molecule has 1 amide bonds.